The molecule has 5 rings (SSSR count). The lowest BCUT2D eigenvalue weighted by atomic mass is 9.93. The highest BCUT2D eigenvalue weighted by Crippen LogP contribution is 2.39. The molecule has 0 atom stereocenters. The van der Waals surface area contributed by atoms with Crippen molar-refractivity contribution >= 4 is 16.7 Å². The Labute approximate surface area is 223 Å². The third kappa shape index (κ3) is 5.03. The second-order valence-corrected chi connectivity index (χ2v) is 10.3. The maximum atomic E-state index is 13.5. The number of ether oxygens (including phenoxy) is 1. The van der Waals surface area contributed by atoms with E-state index in [0.29, 0.717) is 37.9 Å². The van der Waals surface area contributed by atoms with Gasteiger partial charge in [-0.3, -0.25) is 14.0 Å². The lowest BCUT2D eigenvalue weighted by Gasteiger charge is -2.29. The number of alkyl halides is 3. The van der Waals surface area contributed by atoms with Crippen LogP contribution < -0.4 is 10.1 Å². The summed E-state index contributed by atoms with van der Waals surface area (Å²) in [5.41, 5.74) is 0.693. The number of aromatic nitrogens is 7. The minimum atomic E-state index is -4.54. The molecule has 0 unspecified atom stereocenters. The van der Waals surface area contributed by atoms with Crippen molar-refractivity contribution in [1.29, 1.82) is 5.26 Å². The molecule has 0 amide bonds. The summed E-state index contributed by atoms with van der Waals surface area (Å²) in [6.45, 7) is 6.28. The Bertz CT molecular complexity index is 1520. The first-order valence-corrected chi connectivity index (χ1v) is 12.9. The standard InChI is InChI=1S/C26H30F3N9O/c1-5-31-22-10-20-19(12-32-22)23(16-11-34-37(14-16)25(2,3)15-30)35-38(20)17-6-8-18(9-7-17)39-21-13-33-36(4)24(21)26(27,28)29/h10-14,17-18H,5-9H2,1-4H3,(H,31,32)/t17-,18+. The normalized spacial score (nSPS) is 18.3. The Morgan fingerprint density at radius 1 is 1.13 bits per heavy atom. The Kier molecular flexibility index (Phi) is 6.74. The molecule has 1 aliphatic rings. The smallest absolute Gasteiger partial charge is 0.436 e. The van der Waals surface area contributed by atoms with Gasteiger partial charge in [0, 0.05) is 43.0 Å². The van der Waals surface area contributed by atoms with E-state index in [0.717, 1.165) is 33.2 Å². The van der Waals surface area contributed by atoms with Gasteiger partial charge in [-0.05, 0) is 46.5 Å². The van der Waals surface area contributed by atoms with Gasteiger partial charge in [-0.1, -0.05) is 0 Å². The summed E-state index contributed by atoms with van der Waals surface area (Å²) in [5.74, 6) is 0.492. The molecular formula is C26H30F3N9O. The van der Waals surface area contributed by atoms with E-state index in [9.17, 15) is 18.4 Å². The fourth-order valence-electron chi connectivity index (χ4n) is 5.02. The van der Waals surface area contributed by atoms with Gasteiger partial charge in [0.15, 0.2) is 11.4 Å². The van der Waals surface area contributed by atoms with E-state index in [1.54, 1.807) is 30.9 Å². The molecule has 0 spiro atoms. The Morgan fingerprint density at radius 3 is 2.54 bits per heavy atom. The number of halogens is 3. The van der Waals surface area contributed by atoms with Gasteiger partial charge >= 0.3 is 6.18 Å². The third-order valence-corrected chi connectivity index (χ3v) is 7.11. The molecule has 1 aliphatic carbocycles. The van der Waals surface area contributed by atoms with Crippen LogP contribution >= 0.6 is 0 Å². The quantitative estimate of drug-likeness (QED) is 0.338. The van der Waals surface area contributed by atoms with Crippen LogP contribution in [0, 0.1) is 11.3 Å². The van der Waals surface area contributed by atoms with Crippen LogP contribution in [0.1, 0.15) is 58.2 Å². The molecule has 10 nitrogen and oxygen atoms in total. The van der Waals surface area contributed by atoms with Crippen LogP contribution in [0.4, 0.5) is 19.0 Å². The van der Waals surface area contributed by atoms with Crippen molar-refractivity contribution in [2.45, 2.75) is 70.3 Å². The predicted molar refractivity (Wildman–Crippen MR) is 138 cm³/mol. The molecule has 0 saturated heterocycles. The first-order valence-electron chi connectivity index (χ1n) is 12.9. The number of anilines is 1. The molecule has 4 aromatic rings. The number of pyridine rings is 1. The molecule has 4 heterocycles. The summed E-state index contributed by atoms with van der Waals surface area (Å²) in [6, 6.07) is 4.24. The number of fused-ring (bicyclic) bond motifs is 1. The number of hydrogen-bond donors (Lipinski definition) is 1. The number of rotatable bonds is 7. The molecular weight excluding hydrogens is 511 g/mol. The average molecular weight is 542 g/mol. The maximum Gasteiger partial charge on any atom is 0.436 e. The fourth-order valence-corrected chi connectivity index (χ4v) is 5.02. The van der Waals surface area contributed by atoms with Crippen molar-refractivity contribution in [2.75, 3.05) is 11.9 Å². The van der Waals surface area contributed by atoms with E-state index >= 15 is 0 Å². The molecule has 0 radical (unpaired) electrons. The van der Waals surface area contributed by atoms with Gasteiger partial charge < -0.3 is 10.1 Å². The maximum absolute atomic E-state index is 13.5. The van der Waals surface area contributed by atoms with Crippen LogP contribution in [0.2, 0.25) is 0 Å². The van der Waals surface area contributed by atoms with E-state index in [-0.39, 0.29) is 17.9 Å². The molecule has 39 heavy (non-hydrogen) atoms. The van der Waals surface area contributed by atoms with Crippen molar-refractivity contribution in [3.63, 3.8) is 0 Å². The zero-order valence-electron chi connectivity index (χ0n) is 22.2. The first kappa shape index (κ1) is 26.5. The number of nitrogens with zero attached hydrogens (tertiary/aromatic N) is 8. The summed E-state index contributed by atoms with van der Waals surface area (Å²) in [5, 5.41) is 26.7. The van der Waals surface area contributed by atoms with Crippen molar-refractivity contribution in [2.24, 2.45) is 7.05 Å². The van der Waals surface area contributed by atoms with Crippen LogP contribution in [-0.2, 0) is 18.8 Å². The van der Waals surface area contributed by atoms with Gasteiger partial charge in [0.2, 0.25) is 0 Å². The Morgan fingerprint density at radius 2 is 1.87 bits per heavy atom. The number of aryl methyl sites for hydroxylation is 1. The Balaban J connectivity index is 1.42. The molecule has 0 aromatic carbocycles. The largest absolute Gasteiger partial charge is 0.486 e. The van der Waals surface area contributed by atoms with Crippen LogP contribution in [0.3, 0.4) is 0 Å². The van der Waals surface area contributed by atoms with Crippen molar-refractivity contribution in [3.8, 4) is 23.1 Å². The van der Waals surface area contributed by atoms with E-state index < -0.39 is 17.4 Å². The van der Waals surface area contributed by atoms with Gasteiger partial charge in [0.05, 0.1) is 36.1 Å². The minimum Gasteiger partial charge on any atom is -0.486 e. The topological polar surface area (TPSA) is 111 Å². The molecule has 13 heteroatoms. The van der Waals surface area contributed by atoms with Crippen molar-refractivity contribution in [3.05, 3.63) is 36.5 Å². The lowest BCUT2D eigenvalue weighted by molar-refractivity contribution is -0.145. The summed E-state index contributed by atoms with van der Waals surface area (Å²) in [7, 11) is 1.26. The molecule has 4 aromatic heterocycles. The third-order valence-electron chi connectivity index (χ3n) is 7.11. The zero-order valence-corrected chi connectivity index (χ0v) is 22.2. The van der Waals surface area contributed by atoms with Crippen molar-refractivity contribution in [1.82, 2.24) is 34.3 Å². The highest BCUT2D eigenvalue weighted by molar-refractivity contribution is 5.93. The molecule has 1 saturated carbocycles. The van der Waals surface area contributed by atoms with Crippen LogP contribution in [-0.4, -0.2) is 47.0 Å². The zero-order chi connectivity index (χ0) is 27.9. The van der Waals surface area contributed by atoms with E-state index in [1.165, 1.54) is 7.05 Å². The van der Waals surface area contributed by atoms with Gasteiger partial charge in [-0.2, -0.15) is 33.7 Å². The van der Waals surface area contributed by atoms with Crippen molar-refractivity contribution < 1.29 is 17.9 Å². The molecule has 0 bridgehead atoms. The number of nitrogens with one attached hydrogen (secondary N) is 1. The molecule has 1 fully saturated rings. The summed E-state index contributed by atoms with van der Waals surface area (Å²) >= 11 is 0. The van der Waals surface area contributed by atoms with E-state index in [4.69, 9.17) is 9.84 Å². The van der Waals surface area contributed by atoms with E-state index in [1.807, 2.05) is 23.9 Å². The fraction of sp³-hybridized carbons (Fsp3) is 0.500. The summed E-state index contributed by atoms with van der Waals surface area (Å²) < 4.78 is 50.6. The van der Waals surface area contributed by atoms with Crippen LogP contribution in [0.5, 0.6) is 5.75 Å². The second-order valence-electron chi connectivity index (χ2n) is 10.3. The molecule has 0 aliphatic heterocycles. The summed E-state index contributed by atoms with van der Waals surface area (Å²) in [4.78, 5) is 4.54. The number of hydrogen-bond acceptors (Lipinski definition) is 7. The van der Waals surface area contributed by atoms with Gasteiger partial charge in [0.25, 0.3) is 0 Å². The second kappa shape index (κ2) is 9.91. The highest BCUT2D eigenvalue weighted by atomic mass is 19.4. The first-order chi connectivity index (χ1) is 18.5. The monoisotopic (exact) mass is 541 g/mol. The van der Waals surface area contributed by atoms with Crippen LogP contribution in [0.25, 0.3) is 22.2 Å². The number of nitriles is 1. The summed E-state index contributed by atoms with van der Waals surface area (Å²) in [6.07, 6.45) is 4.05. The van der Waals surface area contributed by atoms with Gasteiger partial charge in [-0.15, -0.1) is 0 Å². The van der Waals surface area contributed by atoms with Gasteiger partial charge in [0.1, 0.15) is 17.1 Å². The Hall–Kier alpha value is -4.08. The SMILES string of the molecule is CCNc1cc2c(cn1)c(-c1cnn(C(C)(C)C#N)c1)nn2[C@H]1CC[C@@H](Oc2cnn(C)c2C(F)(F)F)CC1. The van der Waals surface area contributed by atoms with Gasteiger partial charge in [-0.25, -0.2) is 4.98 Å². The van der Waals surface area contributed by atoms with E-state index in [2.05, 4.69) is 26.6 Å². The molecule has 1 N–H and O–H groups in total. The predicted octanol–water partition coefficient (Wildman–Crippen LogP) is 5.30. The minimum absolute atomic E-state index is 0.0274. The highest BCUT2D eigenvalue weighted by Gasteiger charge is 2.39. The lowest BCUT2D eigenvalue weighted by Crippen LogP contribution is -2.27. The van der Waals surface area contributed by atoms with Crippen LogP contribution in [0.15, 0.2) is 30.9 Å². The molecule has 206 valence electrons. The average Bonchev–Trinajstić information content (AvgIpc) is 3.62.